The fourth-order valence-corrected chi connectivity index (χ4v) is 5.18. The largest absolute Gasteiger partial charge is 0.453 e. The lowest BCUT2D eigenvalue weighted by Gasteiger charge is -2.12. The molecule has 39 heavy (non-hydrogen) atoms. The third kappa shape index (κ3) is 5.95. The van der Waals surface area contributed by atoms with Crippen LogP contribution in [0.2, 0.25) is 0 Å². The molecule has 0 unspecified atom stereocenters. The van der Waals surface area contributed by atoms with Gasteiger partial charge in [-0.2, -0.15) is 0 Å². The molecule has 0 aliphatic carbocycles. The van der Waals surface area contributed by atoms with Gasteiger partial charge in [0.2, 0.25) is 5.91 Å². The van der Waals surface area contributed by atoms with Crippen LogP contribution in [0.3, 0.4) is 0 Å². The lowest BCUT2D eigenvalue weighted by Crippen LogP contribution is -2.35. The molecule has 0 spiro atoms. The lowest BCUT2D eigenvalue weighted by atomic mass is 10.0. The van der Waals surface area contributed by atoms with E-state index < -0.39 is 5.82 Å². The first kappa shape index (κ1) is 26.0. The third-order valence-electron chi connectivity index (χ3n) is 5.77. The molecule has 0 saturated carbocycles. The standard InChI is InChI=1S/C29H22FN5O2S2/c1-4-18-11-17(2)5-6-19(18)12-27(36)34-29(38)33-20-7-8-24(21(30)13-20)37-25-9-10-31-22-14-26(39-28(22)25)23-15-35(3)16-32-23/h1,5-11,13-16H,12H2,2-3H3,(H2,33,34,36,38). The molecule has 3 aromatic heterocycles. The monoisotopic (exact) mass is 555 g/mol. The molecule has 3 heterocycles. The topological polar surface area (TPSA) is 81.1 Å². The number of anilines is 1. The van der Waals surface area contributed by atoms with Gasteiger partial charge in [0.1, 0.15) is 5.75 Å². The number of rotatable bonds is 6. The molecule has 0 saturated heterocycles. The maximum atomic E-state index is 15.0. The van der Waals surface area contributed by atoms with Gasteiger partial charge in [0.25, 0.3) is 0 Å². The zero-order valence-electron chi connectivity index (χ0n) is 21.0. The number of terminal acetylenes is 1. The van der Waals surface area contributed by atoms with Crippen molar-refractivity contribution in [2.45, 2.75) is 13.3 Å². The van der Waals surface area contributed by atoms with E-state index >= 15 is 0 Å². The van der Waals surface area contributed by atoms with E-state index in [9.17, 15) is 9.18 Å². The molecule has 0 aliphatic rings. The number of amides is 1. The summed E-state index contributed by atoms with van der Waals surface area (Å²) in [5.74, 6) is 2.18. The van der Waals surface area contributed by atoms with E-state index in [1.54, 1.807) is 24.7 Å². The van der Waals surface area contributed by atoms with Crippen molar-refractivity contribution in [3.8, 4) is 34.4 Å². The molecule has 0 atom stereocenters. The quantitative estimate of drug-likeness (QED) is 0.198. The summed E-state index contributed by atoms with van der Waals surface area (Å²) in [5.41, 5.74) is 4.31. The minimum absolute atomic E-state index is 0.0389. The van der Waals surface area contributed by atoms with E-state index in [1.807, 2.05) is 49.0 Å². The zero-order chi connectivity index (χ0) is 27.5. The highest BCUT2D eigenvalue weighted by Gasteiger charge is 2.15. The van der Waals surface area contributed by atoms with Gasteiger partial charge in [-0.1, -0.05) is 18.1 Å². The molecular weight excluding hydrogens is 533 g/mol. The molecule has 0 aliphatic heterocycles. The highest BCUT2D eigenvalue weighted by atomic mass is 32.1. The van der Waals surface area contributed by atoms with E-state index in [-0.39, 0.29) is 23.2 Å². The van der Waals surface area contributed by atoms with Gasteiger partial charge in [0.05, 0.1) is 33.5 Å². The van der Waals surface area contributed by atoms with Crippen LogP contribution in [0.4, 0.5) is 10.1 Å². The molecule has 5 aromatic rings. The Kier molecular flexibility index (Phi) is 7.36. The normalized spacial score (nSPS) is 10.7. The summed E-state index contributed by atoms with van der Waals surface area (Å²) in [6.45, 7) is 1.93. The van der Waals surface area contributed by atoms with E-state index in [1.165, 1.54) is 23.5 Å². The number of carbonyl (C=O) groups excluding carboxylic acids is 1. The van der Waals surface area contributed by atoms with Gasteiger partial charge >= 0.3 is 0 Å². The predicted molar refractivity (Wildman–Crippen MR) is 155 cm³/mol. The number of carbonyl (C=O) groups is 1. The van der Waals surface area contributed by atoms with E-state index in [0.29, 0.717) is 17.0 Å². The Morgan fingerprint density at radius 2 is 2.03 bits per heavy atom. The van der Waals surface area contributed by atoms with E-state index in [4.69, 9.17) is 23.4 Å². The van der Waals surface area contributed by atoms with Crippen LogP contribution in [0.25, 0.3) is 20.8 Å². The maximum Gasteiger partial charge on any atom is 0.230 e. The minimum atomic E-state index is -0.598. The summed E-state index contributed by atoms with van der Waals surface area (Å²) in [6, 6.07) is 13.5. The molecular formula is C29H22FN5O2S2. The number of hydrogen-bond donors (Lipinski definition) is 2. The van der Waals surface area contributed by atoms with Gasteiger partial charge < -0.3 is 19.9 Å². The number of aryl methyl sites for hydroxylation is 2. The first-order chi connectivity index (χ1) is 18.8. The summed E-state index contributed by atoms with van der Waals surface area (Å²) in [7, 11) is 1.90. The summed E-state index contributed by atoms with van der Waals surface area (Å²) in [6.07, 6.45) is 10.9. The minimum Gasteiger partial charge on any atom is -0.453 e. The number of nitrogens with zero attached hydrogens (tertiary/aromatic N) is 3. The molecule has 10 heteroatoms. The third-order valence-corrected chi connectivity index (χ3v) is 7.13. The number of imidazole rings is 1. The molecule has 7 nitrogen and oxygen atoms in total. The van der Waals surface area contributed by atoms with Crippen LogP contribution in [0.5, 0.6) is 11.5 Å². The van der Waals surface area contributed by atoms with E-state index in [0.717, 1.165) is 31.9 Å². The average Bonchev–Trinajstić information content (AvgIpc) is 3.53. The summed E-state index contributed by atoms with van der Waals surface area (Å²) in [5, 5.41) is 5.47. The first-order valence-corrected chi connectivity index (χ1v) is 13.0. The van der Waals surface area contributed by atoms with Crippen molar-refractivity contribution in [3.63, 3.8) is 0 Å². The van der Waals surface area contributed by atoms with Crippen LogP contribution in [0, 0.1) is 25.1 Å². The molecule has 5 rings (SSSR count). The Labute approximate surface area is 233 Å². The van der Waals surface area contributed by atoms with Crippen LogP contribution < -0.4 is 15.4 Å². The Morgan fingerprint density at radius 3 is 2.77 bits per heavy atom. The van der Waals surface area contributed by atoms with Crippen LogP contribution in [0.1, 0.15) is 16.7 Å². The van der Waals surface area contributed by atoms with E-state index in [2.05, 4.69) is 26.5 Å². The second-order valence-electron chi connectivity index (χ2n) is 8.79. The van der Waals surface area contributed by atoms with Crippen molar-refractivity contribution in [2.75, 3.05) is 5.32 Å². The average molecular weight is 556 g/mol. The van der Waals surface area contributed by atoms with Crippen molar-refractivity contribution < 1.29 is 13.9 Å². The number of aromatic nitrogens is 3. The fraction of sp³-hybridized carbons (Fsp3) is 0.103. The SMILES string of the molecule is C#Cc1cc(C)ccc1CC(=O)NC(=S)Nc1ccc(Oc2ccnc3cc(-c4cn(C)cn4)sc23)c(F)c1. The molecule has 0 radical (unpaired) electrons. The lowest BCUT2D eigenvalue weighted by molar-refractivity contribution is -0.119. The fourth-order valence-electron chi connectivity index (χ4n) is 3.93. The Morgan fingerprint density at radius 1 is 1.18 bits per heavy atom. The molecule has 0 bridgehead atoms. The molecule has 2 aromatic carbocycles. The summed E-state index contributed by atoms with van der Waals surface area (Å²) >= 11 is 6.71. The van der Waals surface area contributed by atoms with Gasteiger partial charge in [-0.3, -0.25) is 9.78 Å². The van der Waals surface area contributed by atoms with Crippen molar-refractivity contribution in [2.24, 2.45) is 7.05 Å². The number of hydrogen-bond acceptors (Lipinski definition) is 6. The molecule has 2 N–H and O–H groups in total. The Balaban J connectivity index is 1.25. The molecule has 194 valence electrons. The number of halogens is 1. The number of nitrogens with one attached hydrogen (secondary N) is 2. The van der Waals surface area contributed by atoms with Crippen molar-refractivity contribution in [3.05, 3.63) is 89.8 Å². The highest BCUT2D eigenvalue weighted by Crippen LogP contribution is 2.39. The van der Waals surface area contributed by atoms with Crippen molar-refractivity contribution >= 4 is 50.5 Å². The number of thiophene rings is 1. The van der Waals surface area contributed by atoms with Gasteiger partial charge in [0.15, 0.2) is 16.7 Å². The van der Waals surface area contributed by atoms with Gasteiger partial charge in [-0.05, 0) is 54.5 Å². The number of fused-ring (bicyclic) bond motifs is 1. The number of benzene rings is 2. The number of ether oxygens (including phenoxy) is 1. The number of pyridine rings is 1. The summed E-state index contributed by atoms with van der Waals surface area (Å²) < 4.78 is 23.6. The second kappa shape index (κ2) is 11.0. The van der Waals surface area contributed by atoms with Crippen LogP contribution in [-0.4, -0.2) is 25.6 Å². The first-order valence-electron chi connectivity index (χ1n) is 11.8. The smallest absolute Gasteiger partial charge is 0.230 e. The van der Waals surface area contributed by atoms with Crippen LogP contribution >= 0.6 is 23.6 Å². The van der Waals surface area contributed by atoms with Crippen molar-refractivity contribution in [1.29, 1.82) is 0 Å². The van der Waals surface area contributed by atoms with Crippen LogP contribution in [0.15, 0.2) is 67.3 Å². The zero-order valence-corrected chi connectivity index (χ0v) is 22.6. The predicted octanol–water partition coefficient (Wildman–Crippen LogP) is 5.97. The van der Waals surface area contributed by atoms with Crippen molar-refractivity contribution in [1.82, 2.24) is 19.9 Å². The second-order valence-corrected chi connectivity index (χ2v) is 10.3. The van der Waals surface area contributed by atoms with Gasteiger partial charge in [-0.25, -0.2) is 9.37 Å². The Hall–Kier alpha value is -4.59. The Bertz CT molecular complexity index is 1770. The van der Waals surface area contributed by atoms with Gasteiger partial charge in [0, 0.05) is 42.8 Å². The number of thiocarbonyl (C=S) groups is 1. The highest BCUT2D eigenvalue weighted by molar-refractivity contribution is 7.80. The van der Waals surface area contributed by atoms with Gasteiger partial charge in [-0.15, -0.1) is 17.8 Å². The maximum absolute atomic E-state index is 15.0. The molecule has 0 fully saturated rings. The summed E-state index contributed by atoms with van der Waals surface area (Å²) in [4.78, 5) is 22.2. The van der Waals surface area contributed by atoms with Crippen LogP contribution in [-0.2, 0) is 18.3 Å². The molecule has 1 amide bonds.